The van der Waals surface area contributed by atoms with E-state index in [0.29, 0.717) is 0 Å². The van der Waals surface area contributed by atoms with Crippen LogP contribution >= 0.6 is 0 Å². The van der Waals surface area contributed by atoms with Crippen molar-refractivity contribution >= 4 is 23.3 Å². The number of rotatable bonds is 2. The van der Waals surface area contributed by atoms with Crippen molar-refractivity contribution in [3.8, 4) is 0 Å². The molecule has 0 radical (unpaired) electrons. The van der Waals surface area contributed by atoms with Gasteiger partial charge in [0.05, 0.1) is 6.20 Å². The van der Waals surface area contributed by atoms with E-state index in [2.05, 4.69) is 20.4 Å². The molecular formula is C8H7N5O3. The summed E-state index contributed by atoms with van der Waals surface area (Å²) in [5, 5.41) is 15.0. The maximum Gasteiger partial charge on any atom is 0.356 e. The summed E-state index contributed by atoms with van der Waals surface area (Å²) in [6.07, 6.45) is 2.30. The molecule has 16 heavy (non-hydrogen) atoms. The Labute approximate surface area is 88.9 Å². The summed E-state index contributed by atoms with van der Waals surface area (Å²) >= 11 is 0. The number of hydrogen-bond acceptors (Lipinski definition) is 5. The van der Waals surface area contributed by atoms with Gasteiger partial charge in [-0.05, 0) is 0 Å². The molecule has 2 rings (SSSR count). The van der Waals surface area contributed by atoms with Gasteiger partial charge in [-0.1, -0.05) is 0 Å². The van der Waals surface area contributed by atoms with Gasteiger partial charge in [0.25, 0.3) is 0 Å². The summed E-state index contributed by atoms with van der Waals surface area (Å²) in [6.45, 7) is 1.32. The molecule has 0 spiro atoms. The first-order valence-electron chi connectivity index (χ1n) is 4.29. The predicted molar refractivity (Wildman–Crippen MR) is 52.0 cm³/mol. The van der Waals surface area contributed by atoms with Crippen LogP contribution in [0.25, 0.3) is 5.65 Å². The van der Waals surface area contributed by atoms with E-state index < -0.39 is 5.97 Å². The highest BCUT2D eigenvalue weighted by molar-refractivity contribution is 5.92. The highest BCUT2D eigenvalue weighted by Gasteiger charge is 2.14. The summed E-state index contributed by atoms with van der Waals surface area (Å²) in [7, 11) is 0. The Balaban J connectivity index is 2.61. The topological polar surface area (TPSA) is 109 Å². The molecule has 2 N–H and O–H groups in total. The van der Waals surface area contributed by atoms with Gasteiger partial charge < -0.3 is 10.4 Å². The van der Waals surface area contributed by atoms with E-state index in [1.807, 2.05) is 0 Å². The summed E-state index contributed by atoms with van der Waals surface area (Å²) in [5.74, 6) is -1.30. The molecule has 0 saturated carbocycles. The number of anilines is 1. The highest BCUT2D eigenvalue weighted by Crippen LogP contribution is 2.12. The smallest absolute Gasteiger partial charge is 0.356 e. The van der Waals surface area contributed by atoms with Crippen LogP contribution in [0, 0.1) is 0 Å². The number of carboxylic acid groups (broad SMARTS) is 1. The fourth-order valence-electron chi connectivity index (χ4n) is 1.22. The van der Waals surface area contributed by atoms with E-state index in [0.717, 1.165) is 17.0 Å². The van der Waals surface area contributed by atoms with E-state index in [-0.39, 0.29) is 23.1 Å². The number of hydrogen-bond donors (Lipinski definition) is 2. The lowest BCUT2D eigenvalue weighted by molar-refractivity contribution is -0.114. The second kappa shape index (κ2) is 3.57. The number of nitrogens with zero attached hydrogens (tertiary/aromatic N) is 4. The normalized spacial score (nSPS) is 10.3. The van der Waals surface area contributed by atoms with Gasteiger partial charge in [0.1, 0.15) is 6.33 Å². The summed E-state index contributed by atoms with van der Waals surface area (Å²) in [4.78, 5) is 29.3. The van der Waals surface area contributed by atoms with E-state index in [1.165, 1.54) is 6.92 Å². The van der Waals surface area contributed by atoms with Crippen LogP contribution in [-0.4, -0.2) is 36.6 Å². The lowest BCUT2D eigenvalue weighted by Gasteiger charge is -2.01. The van der Waals surface area contributed by atoms with Gasteiger partial charge in [0, 0.05) is 6.92 Å². The van der Waals surface area contributed by atoms with Gasteiger partial charge in [-0.2, -0.15) is 5.10 Å². The fourth-order valence-corrected chi connectivity index (χ4v) is 1.22. The van der Waals surface area contributed by atoms with Gasteiger partial charge in [-0.3, -0.25) is 4.79 Å². The molecule has 0 bridgehead atoms. The standard InChI is InChI=1S/C8H7N5O3/c1-4(14)12-6-7-9-2-5(8(15)16)13(7)11-3-10-6/h2-3H,1H3,(H,15,16)(H,10,11,12,14). The molecule has 0 atom stereocenters. The largest absolute Gasteiger partial charge is 0.476 e. The minimum Gasteiger partial charge on any atom is -0.476 e. The molecule has 0 aliphatic carbocycles. The number of amides is 1. The first kappa shape index (κ1) is 10.0. The number of imidazole rings is 1. The number of carbonyl (C=O) groups is 2. The van der Waals surface area contributed by atoms with Crippen LogP contribution < -0.4 is 5.32 Å². The van der Waals surface area contributed by atoms with Crippen molar-refractivity contribution in [2.24, 2.45) is 0 Å². The molecule has 1 amide bonds. The predicted octanol–water partition coefficient (Wildman–Crippen LogP) is -0.219. The summed E-state index contributed by atoms with van der Waals surface area (Å²) < 4.78 is 1.10. The third kappa shape index (κ3) is 1.56. The molecular weight excluding hydrogens is 214 g/mol. The van der Waals surface area contributed by atoms with Crippen LogP contribution in [0.5, 0.6) is 0 Å². The van der Waals surface area contributed by atoms with Crippen molar-refractivity contribution in [2.45, 2.75) is 6.92 Å². The average Bonchev–Trinajstić information content (AvgIpc) is 2.61. The minimum atomic E-state index is -1.15. The molecule has 8 nitrogen and oxygen atoms in total. The highest BCUT2D eigenvalue weighted by atomic mass is 16.4. The molecule has 0 saturated heterocycles. The molecule has 2 aromatic heterocycles. The Hall–Kier alpha value is -2.51. The number of carbonyl (C=O) groups excluding carboxylic acids is 1. The Morgan fingerprint density at radius 3 is 2.81 bits per heavy atom. The Morgan fingerprint density at radius 1 is 1.44 bits per heavy atom. The van der Waals surface area contributed by atoms with Gasteiger partial charge in [-0.15, -0.1) is 0 Å². The van der Waals surface area contributed by atoms with Crippen molar-refractivity contribution in [3.05, 3.63) is 18.2 Å². The van der Waals surface area contributed by atoms with E-state index >= 15 is 0 Å². The lowest BCUT2D eigenvalue weighted by Crippen LogP contribution is -2.11. The first-order chi connectivity index (χ1) is 7.59. The SMILES string of the molecule is CC(=O)Nc1ncnn2c(C(=O)O)cnc12. The van der Waals surface area contributed by atoms with E-state index in [4.69, 9.17) is 5.11 Å². The molecule has 2 aromatic rings. The number of carboxylic acids is 1. The summed E-state index contributed by atoms with van der Waals surface area (Å²) in [5.41, 5.74) is 0.0964. The fraction of sp³-hybridized carbons (Fsp3) is 0.125. The first-order valence-corrected chi connectivity index (χ1v) is 4.29. The Bertz CT molecular complexity index is 576. The van der Waals surface area contributed by atoms with E-state index in [9.17, 15) is 9.59 Å². The van der Waals surface area contributed by atoms with E-state index in [1.54, 1.807) is 0 Å². The monoisotopic (exact) mass is 221 g/mol. The molecule has 2 heterocycles. The second-order valence-electron chi connectivity index (χ2n) is 2.97. The summed E-state index contributed by atoms with van der Waals surface area (Å²) in [6, 6.07) is 0. The number of fused-ring (bicyclic) bond motifs is 1. The second-order valence-corrected chi connectivity index (χ2v) is 2.97. The maximum absolute atomic E-state index is 10.9. The maximum atomic E-state index is 10.9. The molecule has 0 unspecified atom stereocenters. The van der Waals surface area contributed by atoms with Crippen LogP contribution in [-0.2, 0) is 4.79 Å². The Morgan fingerprint density at radius 2 is 2.19 bits per heavy atom. The van der Waals surface area contributed by atoms with Gasteiger partial charge >= 0.3 is 5.97 Å². The third-order valence-corrected chi connectivity index (χ3v) is 1.82. The van der Waals surface area contributed by atoms with Crippen molar-refractivity contribution in [1.29, 1.82) is 0 Å². The van der Waals surface area contributed by atoms with Gasteiger partial charge in [0.2, 0.25) is 5.91 Å². The zero-order valence-electron chi connectivity index (χ0n) is 8.21. The van der Waals surface area contributed by atoms with Crippen LogP contribution in [0.4, 0.5) is 5.82 Å². The van der Waals surface area contributed by atoms with Crippen molar-refractivity contribution in [3.63, 3.8) is 0 Å². The molecule has 0 fully saturated rings. The number of aromatic nitrogens is 4. The zero-order chi connectivity index (χ0) is 11.7. The number of nitrogens with one attached hydrogen (secondary N) is 1. The number of aromatic carboxylic acids is 1. The van der Waals surface area contributed by atoms with Crippen molar-refractivity contribution in [2.75, 3.05) is 5.32 Å². The van der Waals surface area contributed by atoms with Gasteiger partial charge in [-0.25, -0.2) is 19.3 Å². The van der Waals surface area contributed by atoms with Gasteiger partial charge in [0.15, 0.2) is 17.2 Å². The average molecular weight is 221 g/mol. The lowest BCUT2D eigenvalue weighted by atomic mass is 10.5. The van der Waals surface area contributed by atoms with Crippen LogP contribution in [0.3, 0.4) is 0 Å². The molecule has 0 aliphatic rings. The molecule has 0 aliphatic heterocycles. The third-order valence-electron chi connectivity index (χ3n) is 1.82. The minimum absolute atomic E-state index is 0.0935. The van der Waals surface area contributed by atoms with Crippen LogP contribution in [0.1, 0.15) is 17.4 Å². The zero-order valence-corrected chi connectivity index (χ0v) is 8.21. The molecule has 82 valence electrons. The molecule has 0 aromatic carbocycles. The van der Waals surface area contributed by atoms with Crippen molar-refractivity contribution in [1.82, 2.24) is 19.6 Å². The quantitative estimate of drug-likeness (QED) is 0.725. The van der Waals surface area contributed by atoms with Crippen LogP contribution in [0.2, 0.25) is 0 Å². The van der Waals surface area contributed by atoms with Crippen molar-refractivity contribution < 1.29 is 14.7 Å². The Kier molecular flexibility index (Phi) is 2.24. The molecule has 8 heteroatoms. The van der Waals surface area contributed by atoms with Crippen LogP contribution in [0.15, 0.2) is 12.5 Å².